The van der Waals surface area contributed by atoms with Crippen LogP contribution >= 0.6 is 0 Å². The largest absolute Gasteiger partial charge is 0.465 e. The first-order valence-corrected chi connectivity index (χ1v) is 9.21. The number of carbonyl (C=O) groups is 3. The second kappa shape index (κ2) is 10.4. The van der Waals surface area contributed by atoms with Crippen molar-refractivity contribution >= 4 is 35.2 Å². The summed E-state index contributed by atoms with van der Waals surface area (Å²) in [5.41, 5.74) is 1.52. The number of pyridine rings is 1. The van der Waals surface area contributed by atoms with Crippen LogP contribution in [0.15, 0.2) is 77.7 Å². The lowest BCUT2D eigenvalue weighted by molar-refractivity contribution is -0.117. The number of carbonyl (C=O) groups excluding carboxylic acids is 3. The van der Waals surface area contributed by atoms with E-state index in [1.165, 1.54) is 18.4 Å². The van der Waals surface area contributed by atoms with E-state index in [1.807, 2.05) is 0 Å². The molecule has 8 nitrogen and oxygen atoms in total. The summed E-state index contributed by atoms with van der Waals surface area (Å²) in [5.74, 6) is -0.338. The Balaban J connectivity index is 1.45. The first-order valence-electron chi connectivity index (χ1n) is 9.21. The summed E-state index contributed by atoms with van der Waals surface area (Å²) in [5, 5.41) is 8.09. The number of hydrogen-bond acceptors (Lipinski definition) is 5. The molecule has 3 N–H and O–H groups in total. The predicted octanol–water partition coefficient (Wildman–Crippen LogP) is 3.09. The summed E-state index contributed by atoms with van der Waals surface area (Å²) in [4.78, 5) is 40.1. The Labute approximate surface area is 173 Å². The Morgan fingerprint density at radius 3 is 2.57 bits per heavy atom. The molecule has 0 radical (unpaired) electrons. The molecule has 1 aromatic carbocycles. The molecule has 0 atom stereocenters. The molecule has 0 aliphatic heterocycles. The molecule has 0 unspecified atom stereocenters. The maximum atomic E-state index is 12.3. The second-order valence-corrected chi connectivity index (χ2v) is 6.21. The fraction of sp³-hybridized carbons (Fsp3) is 0.0909. The predicted molar refractivity (Wildman–Crippen MR) is 113 cm³/mol. The Morgan fingerprint density at radius 1 is 0.967 bits per heavy atom. The van der Waals surface area contributed by atoms with Gasteiger partial charge in [0.25, 0.3) is 5.91 Å². The molecule has 0 fully saturated rings. The molecule has 3 aromatic rings. The van der Waals surface area contributed by atoms with Gasteiger partial charge in [-0.15, -0.1) is 0 Å². The number of amides is 3. The molecule has 0 aliphatic carbocycles. The Hall–Kier alpha value is -4.20. The smallest absolute Gasteiger partial charge is 0.255 e. The topological polar surface area (TPSA) is 113 Å². The second-order valence-electron chi connectivity index (χ2n) is 6.21. The number of nitrogens with zero attached hydrogens (tertiary/aromatic N) is 1. The molecule has 152 valence electrons. The molecular formula is C22H20N4O4. The van der Waals surface area contributed by atoms with Crippen LogP contribution in [0, 0.1) is 0 Å². The normalized spacial score (nSPS) is 10.5. The van der Waals surface area contributed by atoms with E-state index < -0.39 is 0 Å². The molecule has 0 bridgehead atoms. The van der Waals surface area contributed by atoms with Gasteiger partial charge >= 0.3 is 0 Å². The average molecular weight is 404 g/mol. The average Bonchev–Trinajstić information content (AvgIpc) is 3.27. The Kier molecular flexibility index (Phi) is 7.10. The van der Waals surface area contributed by atoms with Gasteiger partial charge in [0.1, 0.15) is 5.76 Å². The molecule has 30 heavy (non-hydrogen) atoms. The van der Waals surface area contributed by atoms with Gasteiger partial charge in [0.05, 0.1) is 6.26 Å². The minimum atomic E-state index is -0.325. The van der Waals surface area contributed by atoms with Crippen molar-refractivity contribution in [1.82, 2.24) is 10.3 Å². The third-order valence-electron chi connectivity index (χ3n) is 3.94. The third-order valence-corrected chi connectivity index (χ3v) is 3.94. The Morgan fingerprint density at radius 2 is 1.80 bits per heavy atom. The van der Waals surface area contributed by atoms with Crippen molar-refractivity contribution in [3.8, 4) is 0 Å². The molecule has 0 saturated heterocycles. The number of hydrogen-bond donors (Lipinski definition) is 3. The van der Waals surface area contributed by atoms with Gasteiger partial charge in [-0.2, -0.15) is 0 Å². The first kappa shape index (κ1) is 20.5. The van der Waals surface area contributed by atoms with Gasteiger partial charge in [-0.3, -0.25) is 19.4 Å². The molecule has 2 heterocycles. The van der Waals surface area contributed by atoms with Gasteiger partial charge in [-0.1, -0.05) is 6.07 Å². The zero-order chi connectivity index (χ0) is 21.2. The molecule has 3 amide bonds. The van der Waals surface area contributed by atoms with Crippen LogP contribution in [0.2, 0.25) is 0 Å². The SMILES string of the molecule is O=C(/C=C/c1ccco1)NCCC(=O)Nc1cccc(C(=O)Nc2ccncc2)c1. The minimum absolute atomic E-state index is 0.0910. The van der Waals surface area contributed by atoms with Crippen LogP contribution in [0.25, 0.3) is 6.08 Å². The summed E-state index contributed by atoms with van der Waals surface area (Å²) in [6, 6.07) is 13.4. The van der Waals surface area contributed by atoms with Crippen LogP contribution in [0.5, 0.6) is 0 Å². The van der Waals surface area contributed by atoms with Gasteiger partial charge in [0.2, 0.25) is 11.8 Å². The van der Waals surface area contributed by atoms with Gasteiger partial charge < -0.3 is 20.4 Å². The maximum Gasteiger partial charge on any atom is 0.255 e. The summed E-state index contributed by atoms with van der Waals surface area (Å²) in [6.45, 7) is 0.176. The van der Waals surface area contributed by atoms with E-state index in [0.29, 0.717) is 22.7 Å². The van der Waals surface area contributed by atoms with E-state index in [2.05, 4.69) is 20.9 Å². The van der Waals surface area contributed by atoms with Crippen molar-refractivity contribution in [1.29, 1.82) is 0 Å². The number of rotatable bonds is 8. The summed E-state index contributed by atoms with van der Waals surface area (Å²) >= 11 is 0. The first-order chi connectivity index (χ1) is 14.6. The molecule has 0 spiro atoms. The number of nitrogens with one attached hydrogen (secondary N) is 3. The summed E-state index contributed by atoms with van der Waals surface area (Å²) < 4.78 is 5.09. The molecule has 0 saturated carbocycles. The third kappa shape index (κ3) is 6.45. The van der Waals surface area contributed by atoms with Crippen LogP contribution in [-0.4, -0.2) is 29.3 Å². The van der Waals surface area contributed by atoms with Crippen LogP contribution in [0.4, 0.5) is 11.4 Å². The number of anilines is 2. The zero-order valence-electron chi connectivity index (χ0n) is 16.0. The number of furan rings is 1. The van der Waals surface area contributed by atoms with E-state index in [4.69, 9.17) is 4.42 Å². The highest BCUT2D eigenvalue weighted by atomic mass is 16.3. The molecule has 2 aromatic heterocycles. The van der Waals surface area contributed by atoms with Crippen LogP contribution in [0.3, 0.4) is 0 Å². The molecule has 8 heteroatoms. The monoisotopic (exact) mass is 404 g/mol. The van der Waals surface area contributed by atoms with Crippen molar-refractivity contribution in [2.75, 3.05) is 17.2 Å². The lowest BCUT2D eigenvalue weighted by Gasteiger charge is -2.08. The van der Waals surface area contributed by atoms with Crippen molar-refractivity contribution in [2.45, 2.75) is 6.42 Å². The van der Waals surface area contributed by atoms with Crippen molar-refractivity contribution < 1.29 is 18.8 Å². The molecular weight excluding hydrogens is 384 g/mol. The molecule has 0 aliphatic rings. The van der Waals surface area contributed by atoms with Gasteiger partial charge in [-0.05, 0) is 48.5 Å². The maximum absolute atomic E-state index is 12.3. The number of aromatic nitrogens is 1. The van der Waals surface area contributed by atoms with Gasteiger partial charge in [-0.25, -0.2) is 0 Å². The lowest BCUT2D eigenvalue weighted by Crippen LogP contribution is -2.26. The van der Waals surface area contributed by atoms with Gasteiger partial charge in [0.15, 0.2) is 0 Å². The quantitative estimate of drug-likeness (QED) is 0.499. The fourth-order valence-electron chi connectivity index (χ4n) is 2.50. The van der Waals surface area contributed by atoms with E-state index in [9.17, 15) is 14.4 Å². The zero-order valence-corrected chi connectivity index (χ0v) is 16.0. The minimum Gasteiger partial charge on any atom is -0.465 e. The van der Waals surface area contributed by atoms with Crippen LogP contribution in [-0.2, 0) is 9.59 Å². The van der Waals surface area contributed by atoms with Crippen LogP contribution < -0.4 is 16.0 Å². The standard InChI is InChI=1S/C22H20N4O4/c27-20(7-6-19-5-2-14-30-19)24-13-10-21(28)25-18-4-1-3-16(15-18)22(29)26-17-8-11-23-12-9-17/h1-9,11-12,14-15H,10,13H2,(H,24,27)(H,25,28)(H,23,26,29)/b7-6+. The van der Waals surface area contributed by atoms with Crippen molar-refractivity contribution in [2.24, 2.45) is 0 Å². The van der Waals surface area contributed by atoms with E-state index >= 15 is 0 Å². The van der Waals surface area contributed by atoms with Crippen molar-refractivity contribution in [3.63, 3.8) is 0 Å². The highest BCUT2D eigenvalue weighted by molar-refractivity contribution is 6.05. The van der Waals surface area contributed by atoms with E-state index in [1.54, 1.807) is 60.9 Å². The molecule has 3 rings (SSSR count). The van der Waals surface area contributed by atoms with Gasteiger partial charge in [0, 0.05) is 48.4 Å². The highest BCUT2D eigenvalue weighted by Gasteiger charge is 2.09. The fourth-order valence-corrected chi connectivity index (χ4v) is 2.50. The lowest BCUT2D eigenvalue weighted by atomic mass is 10.2. The highest BCUT2D eigenvalue weighted by Crippen LogP contribution is 2.13. The van der Waals surface area contributed by atoms with E-state index in [-0.39, 0.29) is 30.7 Å². The van der Waals surface area contributed by atoms with Crippen LogP contribution in [0.1, 0.15) is 22.5 Å². The summed E-state index contributed by atoms with van der Waals surface area (Å²) in [6.07, 6.45) is 7.64. The van der Waals surface area contributed by atoms with Crippen molar-refractivity contribution in [3.05, 3.63) is 84.6 Å². The Bertz CT molecular complexity index is 1030. The summed E-state index contributed by atoms with van der Waals surface area (Å²) in [7, 11) is 0. The van der Waals surface area contributed by atoms with E-state index in [0.717, 1.165) is 0 Å². The number of benzene rings is 1.